The number of aromatic hydroxyl groups is 1. The SMILES string of the molecule is COc1ccc(CC2COC(=O)C2)cc1O. The minimum absolute atomic E-state index is 0.130. The first-order valence-corrected chi connectivity index (χ1v) is 5.20. The van der Waals surface area contributed by atoms with E-state index in [1.807, 2.05) is 6.07 Å². The molecule has 1 saturated heterocycles. The molecule has 0 saturated carbocycles. The lowest BCUT2D eigenvalue weighted by molar-refractivity contribution is -0.137. The van der Waals surface area contributed by atoms with Gasteiger partial charge in [-0.05, 0) is 24.1 Å². The number of hydrogen-bond acceptors (Lipinski definition) is 4. The van der Waals surface area contributed by atoms with Crippen LogP contribution in [0.2, 0.25) is 0 Å². The number of phenolic OH excluding ortho intramolecular Hbond substituents is 1. The second-order valence-corrected chi connectivity index (χ2v) is 3.96. The minimum atomic E-state index is -0.136. The van der Waals surface area contributed by atoms with Gasteiger partial charge in [0.1, 0.15) is 0 Å². The normalized spacial score (nSPS) is 19.6. The number of ether oxygens (including phenoxy) is 2. The predicted molar refractivity (Wildman–Crippen MR) is 57.4 cm³/mol. The zero-order chi connectivity index (χ0) is 11.5. The van der Waals surface area contributed by atoms with Crippen LogP contribution in [-0.2, 0) is 16.0 Å². The first-order valence-electron chi connectivity index (χ1n) is 5.20. The Morgan fingerprint density at radius 3 is 2.94 bits per heavy atom. The molecule has 1 aromatic rings. The van der Waals surface area contributed by atoms with E-state index >= 15 is 0 Å². The van der Waals surface area contributed by atoms with Gasteiger partial charge in [0.15, 0.2) is 11.5 Å². The number of carbonyl (C=O) groups is 1. The highest BCUT2D eigenvalue weighted by molar-refractivity contribution is 5.71. The summed E-state index contributed by atoms with van der Waals surface area (Å²) >= 11 is 0. The summed E-state index contributed by atoms with van der Waals surface area (Å²) in [4.78, 5) is 10.9. The van der Waals surface area contributed by atoms with Crippen molar-refractivity contribution < 1.29 is 19.4 Å². The zero-order valence-corrected chi connectivity index (χ0v) is 9.10. The average molecular weight is 222 g/mol. The molecular weight excluding hydrogens is 208 g/mol. The molecule has 16 heavy (non-hydrogen) atoms. The van der Waals surface area contributed by atoms with Crippen molar-refractivity contribution in [2.75, 3.05) is 13.7 Å². The van der Waals surface area contributed by atoms with Crippen LogP contribution in [0, 0.1) is 5.92 Å². The lowest BCUT2D eigenvalue weighted by atomic mass is 9.98. The average Bonchev–Trinajstić information content (AvgIpc) is 2.64. The first kappa shape index (κ1) is 10.8. The van der Waals surface area contributed by atoms with Crippen molar-refractivity contribution in [2.24, 2.45) is 5.92 Å². The van der Waals surface area contributed by atoms with Gasteiger partial charge in [-0.1, -0.05) is 6.07 Å². The topological polar surface area (TPSA) is 55.8 Å². The van der Waals surface area contributed by atoms with E-state index in [0.29, 0.717) is 18.8 Å². The van der Waals surface area contributed by atoms with Gasteiger partial charge in [-0.2, -0.15) is 0 Å². The fourth-order valence-electron chi connectivity index (χ4n) is 1.89. The Morgan fingerprint density at radius 1 is 1.56 bits per heavy atom. The molecule has 1 aromatic carbocycles. The number of cyclic esters (lactones) is 1. The standard InChI is InChI=1S/C12H14O4/c1-15-11-3-2-8(5-10(11)13)4-9-6-12(14)16-7-9/h2-3,5,9,13H,4,6-7H2,1H3. The molecular formula is C12H14O4. The lowest BCUT2D eigenvalue weighted by Crippen LogP contribution is -2.03. The maximum Gasteiger partial charge on any atom is 0.306 e. The second kappa shape index (κ2) is 4.43. The largest absolute Gasteiger partial charge is 0.504 e. The van der Waals surface area contributed by atoms with Gasteiger partial charge in [-0.3, -0.25) is 4.79 Å². The molecule has 1 N–H and O–H groups in total. The van der Waals surface area contributed by atoms with Gasteiger partial charge in [0.25, 0.3) is 0 Å². The molecule has 0 aromatic heterocycles. The van der Waals surface area contributed by atoms with Gasteiger partial charge in [-0.25, -0.2) is 0 Å². The third-order valence-corrected chi connectivity index (χ3v) is 2.70. The molecule has 4 heteroatoms. The Balaban J connectivity index is 2.04. The van der Waals surface area contributed by atoms with Crippen molar-refractivity contribution in [1.82, 2.24) is 0 Å². The fourth-order valence-corrected chi connectivity index (χ4v) is 1.89. The maximum absolute atomic E-state index is 10.9. The summed E-state index contributed by atoms with van der Waals surface area (Å²) < 4.78 is 9.84. The van der Waals surface area contributed by atoms with Gasteiger partial charge in [0.05, 0.1) is 20.1 Å². The van der Waals surface area contributed by atoms with Gasteiger partial charge >= 0.3 is 5.97 Å². The number of esters is 1. The van der Waals surface area contributed by atoms with Crippen LogP contribution in [0.4, 0.5) is 0 Å². The van der Waals surface area contributed by atoms with Gasteiger partial charge in [0.2, 0.25) is 0 Å². The lowest BCUT2D eigenvalue weighted by Gasteiger charge is -2.08. The summed E-state index contributed by atoms with van der Waals surface area (Å²) in [6.45, 7) is 0.478. The molecule has 0 spiro atoms. The van der Waals surface area contributed by atoms with E-state index in [-0.39, 0.29) is 17.6 Å². The summed E-state index contributed by atoms with van der Waals surface area (Å²) in [5.41, 5.74) is 0.988. The number of rotatable bonds is 3. The van der Waals surface area contributed by atoms with Crippen molar-refractivity contribution in [3.05, 3.63) is 23.8 Å². The smallest absolute Gasteiger partial charge is 0.306 e. The van der Waals surface area contributed by atoms with E-state index in [4.69, 9.17) is 9.47 Å². The summed E-state index contributed by atoms with van der Waals surface area (Å²) in [6, 6.07) is 5.28. The highest BCUT2D eigenvalue weighted by atomic mass is 16.5. The Labute approximate surface area is 93.8 Å². The van der Waals surface area contributed by atoms with Crippen LogP contribution in [0.25, 0.3) is 0 Å². The number of carbonyl (C=O) groups excluding carboxylic acids is 1. The Kier molecular flexibility index (Phi) is 2.99. The van der Waals surface area contributed by atoms with E-state index in [0.717, 1.165) is 12.0 Å². The molecule has 0 radical (unpaired) electrons. The maximum atomic E-state index is 10.9. The molecule has 1 atom stereocenters. The molecule has 1 unspecified atom stereocenters. The minimum Gasteiger partial charge on any atom is -0.504 e. The van der Waals surface area contributed by atoms with Crippen LogP contribution in [0.1, 0.15) is 12.0 Å². The predicted octanol–water partition coefficient (Wildman–Crippen LogP) is 1.51. The molecule has 86 valence electrons. The molecule has 1 aliphatic rings. The summed E-state index contributed by atoms with van der Waals surface area (Å²) in [7, 11) is 1.51. The summed E-state index contributed by atoms with van der Waals surface area (Å²) in [5, 5.41) is 9.59. The van der Waals surface area contributed by atoms with Gasteiger partial charge < -0.3 is 14.6 Å². The van der Waals surface area contributed by atoms with E-state index in [1.54, 1.807) is 12.1 Å². The van der Waals surface area contributed by atoms with Crippen molar-refractivity contribution in [3.8, 4) is 11.5 Å². The van der Waals surface area contributed by atoms with Crippen molar-refractivity contribution in [2.45, 2.75) is 12.8 Å². The summed E-state index contributed by atoms with van der Waals surface area (Å²) in [5.74, 6) is 0.677. The molecule has 1 heterocycles. The number of phenols is 1. The zero-order valence-electron chi connectivity index (χ0n) is 9.10. The molecule has 0 aliphatic carbocycles. The third-order valence-electron chi connectivity index (χ3n) is 2.70. The van der Waals surface area contributed by atoms with Crippen molar-refractivity contribution in [1.29, 1.82) is 0 Å². The Bertz CT molecular complexity index is 400. The molecule has 4 nitrogen and oxygen atoms in total. The molecule has 2 rings (SSSR count). The van der Waals surface area contributed by atoms with Gasteiger partial charge in [0, 0.05) is 5.92 Å². The van der Waals surface area contributed by atoms with Gasteiger partial charge in [-0.15, -0.1) is 0 Å². The Hall–Kier alpha value is -1.71. The van der Waals surface area contributed by atoms with E-state index in [1.165, 1.54) is 7.11 Å². The molecule has 0 bridgehead atoms. The summed E-state index contributed by atoms with van der Waals surface area (Å²) in [6.07, 6.45) is 1.20. The van der Waals surface area contributed by atoms with E-state index in [2.05, 4.69) is 0 Å². The molecule has 1 aliphatic heterocycles. The molecule has 0 amide bonds. The van der Waals surface area contributed by atoms with Crippen LogP contribution in [0.15, 0.2) is 18.2 Å². The van der Waals surface area contributed by atoms with Crippen molar-refractivity contribution >= 4 is 5.97 Å². The quantitative estimate of drug-likeness (QED) is 0.787. The highest BCUT2D eigenvalue weighted by Gasteiger charge is 2.23. The monoisotopic (exact) mass is 222 g/mol. The van der Waals surface area contributed by atoms with Crippen molar-refractivity contribution in [3.63, 3.8) is 0 Å². The Morgan fingerprint density at radius 2 is 2.38 bits per heavy atom. The third kappa shape index (κ3) is 2.27. The number of benzene rings is 1. The number of hydrogen-bond donors (Lipinski definition) is 1. The molecule has 1 fully saturated rings. The number of methoxy groups -OCH3 is 1. The van der Waals surface area contributed by atoms with Crippen LogP contribution in [0.3, 0.4) is 0 Å². The second-order valence-electron chi connectivity index (χ2n) is 3.96. The van der Waals surface area contributed by atoms with Crippen LogP contribution in [-0.4, -0.2) is 24.8 Å². The fraction of sp³-hybridized carbons (Fsp3) is 0.417. The van der Waals surface area contributed by atoms with Crippen LogP contribution in [0.5, 0.6) is 11.5 Å². The van der Waals surface area contributed by atoms with Crippen LogP contribution >= 0.6 is 0 Å². The highest BCUT2D eigenvalue weighted by Crippen LogP contribution is 2.28. The first-order chi connectivity index (χ1) is 7.69. The van der Waals surface area contributed by atoms with E-state index in [9.17, 15) is 9.90 Å². The van der Waals surface area contributed by atoms with Crippen LogP contribution < -0.4 is 4.74 Å². The van der Waals surface area contributed by atoms with E-state index < -0.39 is 0 Å².